The first-order valence-corrected chi connectivity index (χ1v) is 10.3. The number of ether oxygens (including phenoxy) is 3. The van der Waals surface area contributed by atoms with Crippen LogP contribution in [-0.2, 0) is 16.0 Å². The second kappa shape index (κ2) is 13.4. The molecule has 0 bridgehead atoms. The summed E-state index contributed by atoms with van der Waals surface area (Å²) in [5.74, 6) is 0.741. The third-order valence-corrected chi connectivity index (χ3v) is 5.14. The van der Waals surface area contributed by atoms with E-state index in [1.54, 1.807) is 14.2 Å². The SMILES string of the molecule is COCCCOc1cc(CCCC(N)C(O)CC(C(N)=O)C(C)C)ccc1OC. The largest absolute Gasteiger partial charge is 0.493 e. The summed E-state index contributed by atoms with van der Waals surface area (Å²) in [7, 11) is 3.29. The number of amides is 1. The lowest BCUT2D eigenvalue weighted by Gasteiger charge is -2.24. The molecule has 0 aromatic heterocycles. The van der Waals surface area contributed by atoms with Crippen LogP contribution in [-0.4, -0.2) is 50.6 Å². The number of methoxy groups -OCH3 is 2. The summed E-state index contributed by atoms with van der Waals surface area (Å²) >= 11 is 0. The van der Waals surface area contributed by atoms with Gasteiger partial charge in [0.05, 0.1) is 19.8 Å². The topological polar surface area (TPSA) is 117 Å². The molecule has 7 nitrogen and oxygen atoms in total. The molecule has 1 amide bonds. The molecule has 0 radical (unpaired) electrons. The number of hydrogen-bond acceptors (Lipinski definition) is 6. The fraction of sp³-hybridized carbons (Fsp3) is 0.682. The molecule has 0 spiro atoms. The van der Waals surface area contributed by atoms with E-state index in [4.69, 9.17) is 25.7 Å². The van der Waals surface area contributed by atoms with Gasteiger partial charge in [-0.3, -0.25) is 4.79 Å². The van der Waals surface area contributed by atoms with Gasteiger partial charge in [-0.25, -0.2) is 0 Å². The Hall–Kier alpha value is -1.83. The van der Waals surface area contributed by atoms with Crippen LogP contribution in [0.4, 0.5) is 0 Å². The third kappa shape index (κ3) is 9.02. The first-order valence-electron chi connectivity index (χ1n) is 10.3. The molecule has 0 saturated heterocycles. The van der Waals surface area contributed by atoms with Crippen LogP contribution in [0.3, 0.4) is 0 Å². The minimum atomic E-state index is -0.745. The Morgan fingerprint density at radius 3 is 2.45 bits per heavy atom. The summed E-state index contributed by atoms with van der Waals surface area (Å²) in [6.45, 7) is 5.05. The lowest BCUT2D eigenvalue weighted by atomic mass is 9.86. The molecule has 0 saturated carbocycles. The van der Waals surface area contributed by atoms with Crippen molar-refractivity contribution >= 4 is 5.91 Å². The molecule has 29 heavy (non-hydrogen) atoms. The fourth-order valence-corrected chi connectivity index (χ4v) is 3.26. The van der Waals surface area contributed by atoms with Gasteiger partial charge in [-0.15, -0.1) is 0 Å². The van der Waals surface area contributed by atoms with E-state index in [2.05, 4.69) is 0 Å². The molecule has 1 aromatic carbocycles. The molecule has 5 N–H and O–H groups in total. The second-order valence-corrected chi connectivity index (χ2v) is 7.79. The van der Waals surface area contributed by atoms with Crippen molar-refractivity contribution < 1.29 is 24.1 Å². The van der Waals surface area contributed by atoms with Gasteiger partial charge in [0, 0.05) is 32.1 Å². The van der Waals surface area contributed by atoms with E-state index in [-0.39, 0.29) is 17.7 Å². The van der Waals surface area contributed by atoms with Crippen LogP contribution in [0.2, 0.25) is 0 Å². The minimum absolute atomic E-state index is 0.0796. The van der Waals surface area contributed by atoms with E-state index < -0.39 is 12.1 Å². The zero-order chi connectivity index (χ0) is 21.8. The molecule has 0 fully saturated rings. The predicted molar refractivity (Wildman–Crippen MR) is 114 cm³/mol. The van der Waals surface area contributed by atoms with Crippen LogP contribution in [0.25, 0.3) is 0 Å². The van der Waals surface area contributed by atoms with Crippen molar-refractivity contribution in [1.82, 2.24) is 0 Å². The number of hydrogen-bond donors (Lipinski definition) is 3. The maximum atomic E-state index is 11.5. The summed E-state index contributed by atoms with van der Waals surface area (Å²) in [6, 6.07) is 5.49. The van der Waals surface area contributed by atoms with Gasteiger partial charge in [0.15, 0.2) is 11.5 Å². The van der Waals surface area contributed by atoms with Crippen molar-refractivity contribution in [1.29, 1.82) is 0 Å². The molecule has 1 aromatic rings. The number of rotatable bonds is 15. The molecule has 0 aliphatic heterocycles. The van der Waals surface area contributed by atoms with Crippen LogP contribution >= 0.6 is 0 Å². The zero-order valence-corrected chi connectivity index (χ0v) is 18.2. The number of primary amides is 1. The monoisotopic (exact) mass is 410 g/mol. The van der Waals surface area contributed by atoms with Crippen molar-refractivity contribution in [2.24, 2.45) is 23.3 Å². The lowest BCUT2D eigenvalue weighted by molar-refractivity contribution is -0.124. The normalized spacial score (nSPS) is 14.4. The van der Waals surface area contributed by atoms with Gasteiger partial charge < -0.3 is 30.8 Å². The number of carbonyl (C=O) groups is 1. The molecule has 7 heteroatoms. The van der Waals surface area contributed by atoms with Crippen LogP contribution in [0.15, 0.2) is 18.2 Å². The number of aryl methyl sites for hydroxylation is 1. The van der Waals surface area contributed by atoms with Gasteiger partial charge in [0.1, 0.15) is 0 Å². The third-order valence-electron chi connectivity index (χ3n) is 5.14. The smallest absolute Gasteiger partial charge is 0.220 e. The Bertz CT molecular complexity index is 609. The molecule has 3 atom stereocenters. The lowest BCUT2D eigenvalue weighted by Crippen LogP contribution is -2.39. The Kier molecular flexibility index (Phi) is 11.7. The second-order valence-electron chi connectivity index (χ2n) is 7.79. The summed E-state index contributed by atoms with van der Waals surface area (Å²) < 4.78 is 16.2. The molecule has 0 aliphatic carbocycles. The summed E-state index contributed by atoms with van der Waals surface area (Å²) in [6.07, 6.45) is 2.64. The van der Waals surface area contributed by atoms with E-state index in [1.807, 2.05) is 32.0 Å². The van der Waals surface area contributed by atoms with Crippen molar-refractivity contribution in [3.63, 3.8) is 0 Å². The van der Waals surface area contributed by atoms with Crippen LogP contribution in [0.1, 0.15) is 45.1 Å². The number of benzene rings is 1. The first-order chi connectivity index (χ1) is 13.8. The average Bonchev–Trinajstić information content (AvgIpc) is 2.68. The van der Waals surface area contributed by atoms with Crippen molar-refractivity contribution in [2.45, 2.75) is 58.1 Å². The predicted octanol–water partition coefficient (Wildman–Crippen LogP) is 2.27. The summed E-state index contributed by atoms with van der Waals surface area (Å²) in [4.78, 5) is 11.5. The number of aliphatic hydroxyl groups is 1. The van der Waals surface area contributed by atoms with E-state index in [1.165, 1.54) is 0 Å². The molecule has 0 aliphatic rings. The highest BCUT2D eigenvalue weighted by molar-refractivity contribution is 5.76. The van der Waals surface area contributed by atoms with Gasteiger partial charge in [0.25, 0.3) is 0 Å². The van der Waals surface area contributed by atoms with Crippen LogP contribution < -0.4 is 20.9 Å². The van der Waals surface area contributed by atoms with Gasteiger partial charge in [-0.2, -0.15) is 0 Å². The van der Waals surface area contributed by atoms with Gasteiger partial charge in [0.2, 0.25) is 5.91 Å². The molecule has 166 valence electrons. The Balaban J connectivity index is 2.54. The zero-order valence-electron chi connectivity index (χ0n) is 18.2. The Labute approximate surface area is 174 Å². The van der Waals surface area contributed by atoms with Crippen LogP contribution in [0.5, 0.6) is 11.5 Å². The van der Waals surface area contributed by atoms with Crippen molar-refractivity contribution in [3.8, 4) is 11.5 Å². The molecule has 0 heterocycles. The Morgan fingerprint density at radius 2 is 1.86 bits per heavy atom. The van der Waals surface area contributed by atoms with Crippen molar-refractivity contribution in [3.05, 3.63) is 23.8 Å². The molecule has 1 rings (SSSR count). The maximum Gasteiger partial charge on any atom is 0.220 e. The minimum Gasteiger partial charge on any atom is -0.493 e. The van der Waals surface area contributed by atoms with Crippen LogP contribution in [0, 0.1) is 11.8 Å². The van der Waals surface area contributed by atoms with E-state index in [0.29, 0.717) is 37.6 Å². The van der Waals surface area contributed by atoms with Crippen molar-refractivity contribution in [2.75, 3.05) is 27.4 Å². The molecular formula is C22H38N2O5. The van der Waals surface area contributed by atoms with E-state index >= 15 is 0 Å². The first kappa shape index (κ1) is 25.2. The summed E-state index contributed by atoms with van der Waals surface area (Å²) in [5.41, 5.74) is 12.7. The quantitative estimate of drug-likeness (QED) is 0.382. The highest BCUT2D eigenvalue weighted by Gasteiger charge is 2.26. The number of carbonyl (C=O) groups excluding carboxylic acids is 1. The molecule has 3 unspecified atom stereocenters. The molecular weight excluding hydrogens is 372 g/mol. The maximum absolute atomic E-state index is 11.5. The standard InChI is InChI=1S/C22H38N2O5/c1-15(2)17(22(24)26)14-19(25)18(23)8-5-7-16-9-10-20(28-4)21(13-16)29-12-6-11-27-3/h9-10,13,15,17-19,25H,5-8,11-12,14,23H2,1-4H3,(H2,24,26). The van der Waals surface area contributed by atoms with Gasteiger partial charge in [-0.1, -0.05) is 19.9 Å². The highest BCUT2D eigenvalue weighted by atomic mass is 16.5. The van der Waals surface area contributed by atoms with Gasteiger partial charge >= 0.3 is 0 Å². The number of nitrogens with two attached hydrogens (primary N) is 2. The van der Waals surface area contributed by atoms with E-state index in [0.717, 1.165) is 24.8 Å². The average molecular weight is 411 g/mol. The highest BCUT2D eigenvalue weighted by Crippen LogP contribution is 2.29. The Morgan fingerprint density at radius 1 is 1.14 bits per heavy atom. The van der Waals surface area contributed by atoms with E-state index in [9.17, 15) is 9.90 Å². The fourth-order valence-electron chi connectivity index (χ4n) is 3.26. The summed E-state index contributed by atoms with van der Waals surface area (Å²) in [5, 5.41) is 10.4. The van der Waals surface area contributed by atoms with Gasteiger partial charge in [-0.05, 0) is 49.3 Å². The number of aliphatic hydroxyl groups excluding tert-OH is 1.